The minimum absolute atomic E-state index is 0.0417. The SMILES string of the molecule is Cc1nc(C)c(C(=O)N(CCC(=O)O)C2CCOCC2)s1. The summed E-state index contributed by atoms with van der Waals surface area (Å²) in [5.74, 6) is -0.997. The lowest BCUT2D eigenvalue weighted by molar-refractivity contribution is -0.137. The van der Waals surface area contributed by atoms with E-state index >= 15 is 0 Å². The quantitative estimate of drug-likeness (QED) is 0.897. The van der Waals surface area contributed by atoms with Crippen LogP contribution in [-0.4, -0.2) is 52.7 Å². The summed E-state index contributed by atoms with van der Waals surface area (Å²) in [4.78, 5) is 30.2. The molecule has 21 heavy (non-hydrogen) atoms. The van der Waals surface area contributed by atoms with Crippen LogP contribution >= 0.6 is 11.3 Å². The van der Waals surface area contributed by atoms with Crippen LogP contribution in [0.15, 0.2) is 0 Å². The Labute approximate surface area is 127 Å². The highest BCUT2D eigenvalue weighted by Crippen LogP contribution is 2.23. The summed E-state index contributed by atoms with van der Waals surface area (Å²) >= 11 is 1.37. The molecule has 0 aromatic carbocycles. The van der Waals surface area contributed by atoms with E-state index in [-0.39, 0.29) is 24.9 Å². The summed E-state index contributed by atoms with van der Waals surface area (Å²) in [6.07, 6.45) is 1.46. The van der Waals surface area contributed by atoms with Gasteiger partial charge in [-0.05, 0) is 26.7 Å². The van der Waals surface area contributed by atoms with E-state index in [4.69, 9.17) is 9.84 Å². The highest BCUT2D eigenvalue weighted by Gasteiger charge is 2.29. The van der Waals surface area contributed by atoms with Crippen LogP contribution < -0.4 is 0 Å². The molecule has 0 saturated carbocycles. The Morgan fingerprint density at radius 3 is 2.57 bits per heavy atom. The van der Waals surface area contributed by atoms with Gasteiger partial charge in [-0.1, -0.05) is 0 Å². The second-order valence-corrected chi connectivity index (χ2v) is 6.34. The van der Waals surface area contributed by atoms with Crippen LogP contribution in [0.1, 0.15) is 39.6 Å². The minimum Gasteiger partial charge on any atom is -0.481 e. The fourth-order valence-electron chi connectivity index (χ4n) is 2.52. The van der Waals surface area contributed by atoms with E-state index in [0.29, 0.717) is 18.1 Å². The first-order valence-electron chi connectivity index (χ1n) is 7.03. The van der Waals surface area contributed by atoms with E-state index in [9.17, 15) is 9.59 Å². The number of rotatable bonds is 5. The molecule has 1 aromatic rings. The van der Waals surface area contributed by atoms with Gasteiger partial charge in [0, 0.05) is 25.8 Å². The molecular formula is C14H20N2O4S. The maximum atomic E-state index is 12.8. The Kier molecular flexibility index (Phi) is 5.30. The Morgan fingerprint density at radius 2 is 2.05 bits per heavy atom. The molecule has 0 bridgehead atoms. The van der Waals surface area contributed by atoms with E-state index in [1.165, 1.54) is 11.3 Å². The summed E-state index contributed by atoms with van der Waals surface area (Å²) in [6, 6.07) is 0.0485. The van der Waals surface area contributed by atoms with E-state index in [2.05, 4.69) is 4.98 Å². The van der Waals surface area contributed by atoms with Gasteiger partial charge in [-0.25, -0.2) is 4.98 Å². The van der Waals surface area contributed by atoms with Crippen LogP contribution in [0, 0.1) is 13.8 Å². The zero-order valence-electron chi connectivity index (χ0n) is 12.3. The van der Waals surface area contributed by atoms with Gasteiger partial charge in [0.25, 0.3) is 5.91 Å². The molecule has 0 atom stereocenters. The van der Waals surface area contributed by atoms with Crippen LogP contribution in [0.3, 0.4) is 0 Å². The van der Waals surface area contributed by atoms with Crippen LogP contribution in [0.2, 0.25) is 0 Å². The van der Waals surface area contributed by atoms with Gasteiger partial charge in [0.15, 0.2) is 0 Å². The van der Waals surface area contributed by atoms with Crippen molar-refractivity contribution in [3.05, 3.63) is 15.6 Å². The number of amides is 1. The zero-order valence-corrected chi connectivity index (χ0v) is 13.1. The first kappa shape index (κ1) is 15.9. The summed E-state index contributed by atoms with van der Waals surface area (Å²) in [7, 11) is 0. The van der Waals surface area contributed by atoms with Crippen molar-refractivity contribution in [2.24, 2.45) is 0 Å². The molecule has 1 aliphatic heterocycles. The smallest absolute Gasteiger partial charge is 0.305 e. The van der Waals surface area contributed by atoms with Crippen molar-refractivity contribution in [2.75, 3.05) is 19.8 Å². The summed E-state index contributed by atoms with van der Waals surface area (Å²) < 4.78 is 5.32. The standard InChI is InChI=1S/C14H20N2O4S/c1-9-13(21-10(2)15-9)14(19)16(6-3-12(17)18)11-4-7-20-8-5-11/h11H,3-8H2,1-2H3,(H,17,18). The van der Waals surface area contributed by atoms with E-state index in [1.807, 2.05) is 13.8 Å². The van der Waals surface area contributed by atoms with E-state index in [0.717, 1.165) is 23.5 Å². The molecule has 0 radical (unpaired) electrons. The van der Waals surface area contributed by atoms with Gasteiger partial charge in [0.2, 0.25) is 0 Å². The highest BCUT2D eigenvalue weighted by molar-refractivity contribution is 7.13. The van der Waals surface area contributed by atoms with Crippen molar-refractivity contribution in [2.45, 2.75) is 39.2 Å². The Balaban J connectivity index is 2.18. The third-order valence-electron chi connectivity index (χ3n) is 3.56. The predicted molar refractivity (Wildman–Crippen MR) is 78.7 cm³/mol. The Bertz CT molecular complexity index is 523. The number of carboxylic acids is 1. The number of aryl methyl sites for hydroxylation is 2. The lowest BCUT2D eigenvalue weighted by Gasteiger charge is -2.33. The normalized spacial score (nSPS) is 15.9. The molecule has 2 heterocycles. The summed E-state index contributed by atoms with van der Waals surface area (Å²) in [5, 5.41) is 9.75. The molecule has 1 fully saturated rings. The van der Waals surface area contributed by atoms with Gasteiger partial charge < -0.3 is 14.7 Å². The van der Waals surface area contributed by atoms with Crippen molar-refractivity contribution in [3.63, 3.8) is 0 Å². The van der Waals surface area contributed by atoms with Crippen molar-refractivity contribution in [3.8, 4) is 0 Å². The predicted octanol–water partition coefficient (Wildman–Crippen LogP) is 1.86. The van der Waals surface area contributed by atoms with Crippen LogP contribution in [0.25, 0.3) is 0 Å². The molecule has 1 amide bonds. The number of carbonyl (C=O) groups is 2. The fraction of sp³-hybridized carbons (Fsp3) is 0.643. The number of hydrogen-bond acceptors (Lipinski definition) is 5. The zero-order chi connectivity index (χ0) is 15.4. The Hall–Kier alpha value is -1.47. The molecule has 0 aliphatic carbocycles. The first-order valence-corrected chi connectivity index (χ1v) is 7.85. The molecule has 0 spiro atoms. The fourth-order valence-corrected chi connectivity index (χ4v) is 3.40. The van der Waals surface area contributed by atoms with Gasteiger partial charge in [-0.3, -0.25) is 9.59 Å². The molecule has 7 heteroatoms. The number of thiazole rings is 1. The summed E-state index contributed by atoms with van der Waals surface area (Å²) in [6.45, 7) is 5.14. The Morgan fingerprint density at radius 1 is 1.38 bits per heavy atom. The number of ether oxygens (including phenoxy) is 1. The number of carboxylic acid groups (broad SMARTS) is 1. The van der Waals surface area contributed by atoms with Crippen LogP contribution in [0.4, 0.5) is 0 Å². The molecule has 116 valence electrons. The number of aromatic nitrogens is 1. The molecule has 1 saturated heterocycles. The molecule has 1 aliphatic rings. The number of aliphatic carboxylic acids is 1. The van der Waals surface area contributed by atoms with Crippen molar-refractivity contribution in [1.29, 1.82) is 0 Å². The second kappa shape index (κ2) is 7.00. The third-order valence-corrected chi connectivity index (χ3v) is 4.62. The average Bonchev–Trinajstić information content (AvgIpc) is 2.78. The minimum atomic E-state index is -0.892. The number of nitrogens with zero attached hydrogens (tertiary/aromatic N) is 2. The lowest BCUT2D eigenvalue weighted by Crippen LogP contribution is -2.44. The second-order valence-electron chi connectivity index (χ2n) is 5.13. The van der Waals surface area contributed by atoms with Gasteiger partial charge in [-0.2, -0.15) is 0 Å². The van der Waals surface area contributed by atoms with Gasteiger partial charge in [0.05, 0.1) is 17.1 Å². The molecular weight excluding hydrogens is 292 g/mol. The maximum Gasteiger partial charge on any atom is 0.305 e. The summed E-state index contributed by atoms with van der Waals surface area (Å²) in [5.41, 5.74) is 0.717. The molecule has 0 unspecified atom stereocenters. The lowest BCUT2D eigenvalue weighted by atomic mass is 10.1. The molecule has 1 aromatic heterocycles. The number of hydrogen-bond donors (Lipinski definition) is 1. The van der Waals surface area contributed by atoms with Crippen LogP contribution in [0.5, 0.6) is 0 Å². The highest BCUT2D eigenvalue weighted by atomic mass is 32.1. The monoisotopic (exact) mass is 312 g/mol. The van der Waals surface area contributed by atoms with Gasteiger partial charge in [-0.15, -0.1) is 11.3 Å². The van der Waals surface area contributed by atoms with Crippen LogP contribution in [-0.2, 0) is 9.53 Å². The van der Waals surface area contributed by atoms with E-state index < -0.39 is 5.97 Å². The van der Waals surface area contributed by atoms with E-state index in [1.54, 1.807) is 4.90 Å². The number of carbonyl (C=O) groups excluding carboxylic acids is 1. The van der Waals surface area contributed by atoms with Crippen molar-refractivity contribution < 1.29 is 19.4 Å². The first-order chi connectivity index (χ1) is 9.99. The molecule has 1 N–H and O–H groups in total. The maximum absolute atomic E-state index is 12.8. The largest absolute Gasteiger partial charge is 0.481 e. The van der Waals surface area contributed by atoms with Gasteiger partial charge >= 0.3 is 5.97 Å². The van der Waals surface area contributed by atoms with Crippen molar-refractivity contribution >= 4 is 23.2 Å². The van der Waals surface area contributed by atoms with Crippen molar-refractivity contribution in [1.82, 2.24) is 9.88 Å². The topological polar surface area (TPSA) is 79.7 Å². The third kappa shape index (κ3) is 4.01. The molecule has 2 rings (SSSR count). The van der Waals surface area contributed by atoms with Gasteiger partial charge in [0.1, 0.15) is 4.88 Å². The average molecular weight is 312 g/mol. The molecule has 6 nitrogen and oxygen atoms in total.